The third-order valence-electron chi connectivity index (χ3n) is 4.28. The van der Waals surface area contributed by atoms with E-state index in [1.54, 1.807) is 12.2 Å². The summed E-state index contributed by atoms with van der Waals surface area (Å²) in [5.41, 5.74) is 0.651. The Morgan fingerprint density at radius 2 is 1.17 bits per heavy atom. The summed E-state index contributed by atoms with van der Waals surface area (Å²) < 4.78 is 46.8. The Kier molecular flexibility index (Phi) is 7.49. The molecule has 0 bridgehead atoms. The van der Waals surface area contributed by atoms with Gasteiger partial charge in [-0.2, -0.15) is 0 Å². The lowest BCUT2D eigenvalue weighted by Crippen LogP contribution is -2.31. The lowest BCUT2D eigenvalue weighted by Gasteiger charge is -2.27. The molecule has 8 nitrogen and oxygen atoms in total. The Morgan fingerprint density at radius 3 is 1.48 bits per heavy atom. The zero-order valence-electron chi connectivity index (χ0n) is 16.4. The van der Waals surface area contributed by atoms with Crippen molar-refractivity contribution in [1.29, 1.82) is 0 Å². The highest BCUT2D eigenvalue weighted by atomic mass is 32.2. The minimum atomic E-state index is -4.07. The van der Waals surface area contributed by atoms with Crippen molar-refractivity contribution >= 4 is 21.8 Å². The van der Waals surface area contributed by atoms with Crippen LogP contribution in [0.15, 0.2) is 69.6 Å². The molecule has 0 saturated carbocycles. The highest BCUT2D eigenvalue weighted by Gasteiger charge is 2.38. The van der Waals surface area contributed by atoms with Gasteiger partial charge >= 0.3 is 11.9 Å². The van der Waals surface area contributed by atoms with Crippen molar-refractivity contribution in [3.63, 3.8) is 0 Å². The van der Waals surface area contributed by atoms with Gasteiger partial charge in [-0.15, -0.1) is 0 Å². The van der Waals surface area contributed by atoms with Crippen LogP contribution >= 0.6 is 0 Å². The predicted molar refractivity (Wildman–Crippen MR) is 105 cm³/mol. The Labute approximate surface area is 169 Å². The van der Waals surface area contributed by atoms with Crippen LogP contribution in [0, 0.1) is 0 Å². The molecule has 29 heavy (non-hydrogen) atoms. The molecule has 9 heteroatoms. The summed E-state index contributed by atoms with van der Waals surface area (Å²) in [5.74, 6) is -1.27. The van der Waals surface area contributed by atoms with Gasteiger partial charge in [-0.1, -0.05) is 24.3 Å². The Bertz CT molecular complexity index is 888. The lowest BCUT2D eigenvalue weighted by atomic mass is 10.0. The Morgan fingerprint density at radius 1 is 0.793 bits per heavy atom. The van der Waals surface area contributed by atoms with Crippen LogP contribution in [-0.2, 0) is 38.4 Å². The van der Waals surface area contributed by atoms with Crippen molar-refractivity contribution < 1.29 is 37.0 Å². The van der Waals surface area contributed by atoms with Crippen LogP contribution in [0.4, 0.5) is 0 Å². The van der Waals surface area contributed by atoms with Gasteiger partial charge in [0, 0.05) is 26.4 Å². The number of hydrogen-bond donors (Lipinski definition) is 0. The molecule has 0 fully saturated rings. The van der Waals surface area contributed by atoms with Crippen LogP contribution in [-0.4, -0.2) is 61.0 Å². The van der Waals surface area contributed by atoms with E-state index in [0.717, 1.165) is 0 Å². The first kappa shape index (κ1) is 22.5. The van der Waals surface area contributed by atoms with Crippen LogP contribution in [0.2, 0.25) is 0 Å². The lowest BCUT2D eigenvalue weighted by molar-refractivity contribution is -0.135. The third kappa shape index (κ3) is 4.81. The molecule has 0 saturated heterocycles. The van der Waals surface area contributed by atoms with Gasteiger partial charge in [-0.05, 0) is 23.3 Å². The van der Waals surface area contributed by atoms with Crippen molar-refractivity contribution in [2.75, 3.05) is 28.4 Å². The smallest absolute Gasteiger partial charge is 0.330 e. The standard InChI is InChI=1S/C20H22O8S/c1-25-17(21)11-13-7-5-9-15(19(13)27-3)29(23,24)16-10-6-8-14(20(16)28-4)12-18(22)26-2/h5-12,19-20H,1-4H3. The third-order valence-corrected chi connectivity index (χ3v) is 6.23. The summed E-state index contributed by atoms with van der Waals surface area (Å²) in [7, 11) is 1.04. The van der Waals surface area contributed by atoms with Crippen molar-refractivity contribution in [2.45, 2.75) is 12.2 Å². The van der Waals surface area contributed by atoms with Crippen molar-refractivity contribution in [1.82, 2.24) is 0 Å². The molecule has 0 aromatic heterocycles. The second kappa shape index (κ2) is 9.64. The molecule has 0 N–H and O–H groups in total. The first-order valence-electron chi connectivity index (χ1n) is 8.46. The molecule has 0 spiro atoms. The topological polar surface area (TPSA) is 105 Å². The van der Waals surface area contributed by atoms with E-state index in [0.29, 0.717) is 11.1 Å². The molecule has 0 radical (unpaired) electrons. The Hall–Kier alpha value is -2.75. The zero-order chi connectivity index (χ0) is 21.6. The van der Waals surface area contributed by atoms with E-state index < -0.39 is 34.0 Å². The van der Waals surface area contributed by atoms with E-state index >= 15 is 0 Å². The largest absolute Gasteiger partial charge is 0.466 e. The molecular formula is C20H22O8S. The molecule has 2 unspecified atom stereocenters. The molecule has 0 heterocycles. The maximum absolute atomic E-state index is 13.4. The van der Waals surface area contributed by atoms with Gasteiger partial charge in [-0.3, -0.25) is 0 Å². The van der Waals surface area contributed by atoms with E-state index in [1.807, 2.05) is 0 Å². The number of methoxy groups -OCH3 is 4. The molecule has 0 aromatic carbocycles. The van der Waals surface area contributed by atoms with Gasteiger partial charge in [0.15, 0.2) is 0 Å². The van der Waals surface area contributed by atoms with Gasteiger partial charge in [0.05, 0.1) is 24.0 Å². The number of hydrogen-bond acceptors (Lipinski definition) is 8. The highest BCUT2D eigenvalue weighted by molar-refractivity contribution is 7.99. The van der Waals surface area contributed by atoms with Crippen molar-refractivity contribution in [3.05, 3.63) is 69.6 Å². The number of ether oxygens (including phenoxy) is 4. The van der Waals surface area contributed by atoms with Crippen LogP contribution in [0.3, 0.4) is 0 Å². The Balaban J connectivity index is 2.50. The van der Waals surface area contributed by atoms with E-state index in [9.17, 15) is 18.0 Å². The summed E-state index contributed by atoms with van der Waals surface area (Å²) in [6.07, 6.45) is 9.24. The molecule has 2 rings (SSSR count). The maximum atomic E-state index is 13.4. The van der Waals surface area contributed by atoms with Crippen LogP contribution in [0.5, 0.6) is 0 Å². The number of rotatable bonds is 6. The van der Waals surface area contributed by atoms with Crippen LogP contribution in [0.1, 0.15) is 0 Å². The van der Waals surface area contributed by atoms with Gasteiger partial charge in [0.25, 0.3) is 0 Å². The minimum absolute atomic E-state index is 0.0707. The fourth-order valence-corrected chi connectivity index (χ4v) is 4.74. The molecular weight excluding hydrogens is 400 g/mol. The normalized spacial score (nSPS) is 24.3. The fourth-order valence-electron chi connectivity index (χ4n) is 2.93. The van der Waals surface area contributed by atoms with Crippen LogP contribution < -0.4 is 0 Å². The number of carbonyl (C=O) groups is 2. The summed E-state index contributed by atoms with van der Waals surface area (Å²) in [6, 6.07) is 0. The first-order valence-corrected chi connectivity index (χ1v) is 9.94. The SMILES string of the molecule is COC(=O)C=C1C=CC=C(S(=O)(=O)C2=CC=CC(=CC(=O)OC)C2OC)C1OC. The monoisotopic (exact) mass is 422 g/mol. The zero-order valence-corrected chi connectivity index (χ0v) is 17.3. The van der Waals surface area contributed by atoms with Gasteiger partial charge < -0.3 is 18.9 Å². The van der Waals surface area contributed by atoms with Gasteiger partial charge in [-0.25, -0.2) is 18.0 Å². The van der Waals surface area contributed by atoms with Gasteiger partial charge in [0.1, 0.15) is 12.2 Å². The number of sulfone groups is 1. The second-order valence-electron chi connectivity index (χ2n) is 5.93. The summed E-state index contributed by atoms with van der Waals surface area (Å²) in [4.78, 5) is 23.1. The fraction of sp³-hybridized carbons (Fsp3) is 0.300. The minimum Gasteiger partial charge on any atom is -0.466 e. The van der Waals surface area contributed by atoms with Crippen molar-refractivity contribution in [3.8, 4) is 0 Å². The second-order valence-corrected chi connectivity index (χ2v) is 7.88. The number of allylic oxidation sites excluding steroid dienone is 4. The van der Waals surface area contributed by atoms with E-state index in [2.05, 4.69) is 9.47 Å². The highest BCUT2D eigenvalue weighted by Crippen LogP contribution is 2.35. The predicted octanol–water partition coefficient (Wildman–Crippen LogP) is 1.54. The van der Waals surface area contributed by atoms with Gasteiger partial charge in [0.2, 0.25) is 9.84 Å². The molecule has 0 amide bonds. The molecule has 0 aliphatic heterocycles. The quantitative estimate of drug-likeness (QED) is 0.469. The van der Waals surface area contributed by atoms with E-state index in [4.69, 9.17) is 9.47 Å². The van der Waals surface area contributed by atoms with E-state index in [-0.39, 0.29) is 9.81 Å². The number of carbonyl (C=O) groups excluding carboxylic acids is 2. The molecule has 0 aromatic rings. The molecule has 2 aliphatic rings. The molecule has 2 atom stereocenters. The molecule has 156 valence electrons. The van der Waals surface area contributed by atoms with E-state index in [1.165, 1.54) is 64.9 Å². The first-order chi connectivity index (χ1) is 13.8. The molecule has 2 aliphatic carbocycles. The average Bonchev–Trinajstić information content (AvgIpc) is 2.72. The average molecular weight is 422 g/mol. The summed E-state index contributed by atoms with van der Waals surface area (Å²) >= 11 is 0. The maximum Gasteiger partial charge on any atom is 0.330 e. The summed E-state index contributed by atoms with van der Waals surface area (Å²) in [5, 5.41) is 0. The van der Waals surface area contributed by atoms with Crippen LogP contribution in [0.25, 0.3) is 0 Å². The number of esters is 2. The van der Waals surface area contributed by atoms with Crippen molar-refractivity contribution in [2.24, 2.45) is 0 Å². The summed E-state index contributed by atoms with van der Waals surface area (Å²) in [6.45, 7) is 0.